The second-order valence-electron chi connectivity index (χ2n) is 5.19. The second kappa shape index (κ2) is 4.28. The van der Waals surface area contributed by atoms with Gasteiger partial charge in [-0.05, 0) is 23.8 Å². The van der Waals surface area contributed by atoms with Gasteiger partial charge in [0, 0.05) is 22.9 Å². The number of rotatable bonds is 1. The summed E-state index contributed by atoms with van der Waals surface area (Å²) in [4.78, 5) is 4.46. The first kappa shape index (κ1) is 11.8. The SMILES string of the molecule is CC(C)(C)c1ccc(-c2ccc(F)cc2)cn1. The van der Waals surface area contributed by atoms with Gasteiger partial charge in [0.05, 0.1) is 0 Å². The number of hydrogen-bond acceptors (Lipinski definition) is 1. The monoisotopic (exact) mass is 229 g/mol. The highest BCUT2D eigenvalue weighted by Gasteiger charge is 2.14. The van der Waals surface area contributed by atoms with Crippen molar-refractivity contribution in [1.82, 2.24) is 4.98 Å². The molecule has 0 amide bonds. The molecule has 0 fully saturated rings. The average Bonchev–Trinajstić information content (AvgIpc) is 2.29. The molecular formula is C15H16FN. The number of hydrogen-bond donors (Lipinski definition) is 0. The summed E-state index contributed by atoms with van der Waals surface area (Å²) in [6.07, 6.45) is 1.84. The van der Waals surface area contributed by atoms with E-state index in [9.17, 15) is 4.39 Å². The Bertz CT molecular complexity index is 492. The summed E-state index contributed by atoms with van der Waals surface area (Å²) in [5, 5.41) is 0. The minimum absolute atomic E-state index is 0.0569. The molecule has 2 aromatic rings. The third-order valence-corrected chi connectivity index (χ3v) is 2.71. The van der Waals surface area contributed by atoms with Gasteiger partial charge in [-0.1, -0.05) is 39.0 Å². The summed E-state index contributed by atoms with van der Waals surface area (Å²) in [5.74, 6) is -0.215. The molecule has 0 N–H and O–H groups in total. The molecule has 1 heterocycles. The molecule has 2 rings (SSSR count). The molecule has 0 saturated carbocycles. The molecule has 0 aliphatic rings. The standard InChI is InChI=1S/C15H16FN/c1-15(2,3)14-9-6-12(10-17-14)11-4-7-13(16)8-5-11/h4-10H,1-3H3. The predicted octanol–water partition coefficient (Wildman–Crippen LogP) is 4.19. The number of benzene rings is 1. The summed E-state index contributed by atoms with van der Waals surface area (Å²) in [6, 6.07) is 10.5. The van der Waals surface area contributed by atoms with Crippen molar-refractivity contribution in [2.24, 2.45) is 0 Å². The van der Waals surface area contributed by atoms with Gasteiger partial charge < -0.3 is 0 Å². The second-order valence-corrected chi connectivity index (χ2v) is 5.19. The Morgan fingerprint density at radius 1 is 0.882 bits per heavy atom. The third kappa shape index (κ3) is 2.70. The smallest absolute Gasteiger partial charge is 0.123 e. The molecule has 0 aliphatic heterocycles. The van der Waals surface area contributed by atoms with Gasteiger partial charge >= 0.3 is 0 Å². The van der Waals surface area contributed by atoms with Crippen LogP contribution in [0.25, 0.3) is 11.1 Å². The molecule has 0 radical (unpaired) electrons. The maximum absolute atomic E-state index is 12.8. The van der Waals surface area contributed by atoms with Crippen LogP contribution in [0.2, 0.25) is 0 Å². The van der Waals surface area contributed by atoms with Crippen LogP contribution < -0.4 is 0 Å². The van der Waals surface area contributed by atoms with Gasteiger partial charge in [-0.25, -0.2) is 4.39 Å². The quantitative estimate of drug-likeness (QED) is 0.714. The molecule has 1 aromatic carbocycles. The van der Waals surface area contributed by atoms with E-state index < -0.39 is 0 Å². The Balaban J connectivity index is 2.33. The lowest BCUT2D eigenvalue weighted by Crippen LogP contribution is -2.12. The van der Waals surface area contributed by atoms with Crippen molar-refractivity contribution >= 4 is 0 Å². The van der Waals surface area contributed by atoms with Crippen LogP contribution in [0.5, 0.6) is 0 Å². The van der Waals surface area contributed by atoms with Crippen LogP contribution in [0.1, 0.15) is 26.5 Å². The Hall–Kier alpha value is -1.70. The Morgan fingerprint density at radius 3 is 1.94 bits per heavy atom. The lowest BCUT2D eigenvalue weighted by molar-refractivity contribution is 0.569. The summed E-state index contributed by atoms with van der Waals surface area (Å²) < 4.78 is 12.8. The first-order valence-electron chi connectivity index (χ1n) is 5.69. The highest BCUT2D eigenvalue weighted by Crippen LogP contribution is 2.23. The molecule has 1 nitrogen and oxygen atoms in total. The van der Waals surface area contributed by atoms with E-state index in [1.54, 1.807) is 12.1 Å². The van der Waals surface area contributed by atoms with E-state index in [1.807, 2.05) is 18.3 Å². The van der Waals surface area contributed by atoms with Crippen LogP contribution in [0.4, 0.5) is 4.39 Å². The molecule has 0 spiro atoms. The minimum Gasteiger partial charge on any atom is -0.260 e. The summed E-state index contributed by atoms with van der Waals surface area (Å²) in [5.41, 5.74) is 3.11. The fourth-order valence-corrected chi connectivity index (χ4v) is 1.65. The van der Waals surface area contributed by atoms with Crippen molar-refractivity contribution in [3.8, 4) is 11.1 Å². The predicted molar refractivity (Wildman–Crippen MR) is 68.3 cm³/mol. The normalized spacial score (nSPS) is 11.5. The molecule has 0 atom stereocenters. The number of pyridine rings is 1. The molecule has 88 valence electrons. The lowest BCUT2D eigenvalue weighted by Gasteiger charge is -2.17. The van der Waals surface area contributed by atoms with E-state index >= 15 is 0 Å². The first-order valence-corrected chi connectivity index (χ1v) is 5.69. The van der Waals surface area contributed by atoms with E-state index in [4.69, 9.17) is 0 Å². The van der Waals surface area contributed by atoms with Crippen LogP contribution in [0, 0.1) is 5.82 Å². The summed E-state index contributed by atoms with van der Waals surface area (Å²) in [7, 11) is 0. The highest BCUT2D eigenvalue weighted by molar-refractivity contribution is 5.62. The number of aromatic nitrogens is 1. The van der Waals surface area contributed by atoms with Crippen LogP contribution in [0.15, 0.2) is 42.6 Å². The van der Waals surface area contributed by atoms with Gasteiger partial charge in [-0.2, -0.15) is 0 Å². The summed E-state index contributed by atoms with van der Waals surface area (Å²) in [6.45, 7) is 6.40. The van der Waals surface area contributed by atoms with Crippen molar-refractivity contribution < 1.29 is 4.39 Å². The third-order valence-electron chi connectivity index (χ3n) is 2.71. The van der Waals surface area contributed by atoms with Gasteiger partial charge in [0.2, 0.25) is 0 Å². The van der Waals surface area contributed by atoms with E-state index in [0.29, 0.717) is 0 Å². The Kier molecular flexibility index (Phi) is 2.97. The largest absolute Gasteiger partial charge is 0.260 e. The zero-order valence-electron chi connectivity index (χ0n) is 10.4. The Labute approximate surface area is 101 Å². The fraction of sp³-hybridized carbons (Fsp3) is 0.267. The number of halogens is 1. The number of nitrogens with zero attached hydrogens (tertiary/aromatic N) is 1. The Morgan fingerprint density at radius 2 is 1.47 bits per heavy atom. The topological polar surface area (TPSA) is 12.9 Å². The molecule has 0 saturated heterocycles. The van der Waals surface area contributed by atoms with Gasteiger partial charge in [-0.15, -0.1) is 0 Å². The van der Waals surface area contributed by atoms with E-state index in [1.165, 1.54) is 12.1 Å². The van der Waals surface area contributed by atoms with Crippen molar-refractivity contribution in [3.63, 3.8) is 0 Å². The first-order chi connectivity index (χ1) is 7.97. The van der Waals surface area contributed by atoms with Crippen molar-refractivity contribution in [2.45, 2.75) is 26.2 Å². The van der Waals surface area contributed by atoms with Crippen molar-refractivity contribution in [3.05, 3.63) is 54.1 Å². The van der Waals surface area contributed by atoms with E-state index in [-0.39, 0.29) is 11.2 Å². The average molecular weight is 229 g/mol. The van der Waals surface area contributed by atoms with Gasteiger partial charge in [0.25, 0.3) is 0 Å². The minimum atomic E-state index is -0.215. The molecule has 2 heteroatoms. The lowest BCUT2D eigenvalue weighted by atomic mass is 9.91. The maximum Gasteiger partial charge on any atom is 0.123 e. The van der Waals surface area contributed by atoms with Gasteiger partial charge in [0.15, 0.2) is 0 Å². The van der Waals surface area contributed by atoms with Crippen LogP contribution in [-0.4, -0.2) is 4.98 Å². The molecule has 0 aliphatic carbocycles. The van der Waals surface area contributed by atoms with Crippen LogP contribution in [-0.2, 0) is 5.41 Å². The zero-order chi connectivity index (χ0) is 12.5. The molecule has 1 aromatic heterocycles. The van der Waals surface area contributed by atoms with Crippen LogP contribution in [0.3, 0.4) is 0 Å². The molecule has 0 bridgehead atoms. The highest BCUT2D eigenvalue weighted by atomic mass is 19.1. The maximum atomic E-state index is 12.8. The van der Waals surface area contributed by atoms with E-state index in [2.05, 4.69) is 25.8 Å². The van der Waals surface area contributed by atoms with E-state index in [0.717, 1.165) is 16.8 Å². The molecule has 0 unspecified atom stereocenters. The van der Waals surface area contributed by atoms with Gasteiger partial charge in [-0.3, -0.25) is 4.98 Å². The van der Waals surface area contributed by atoms with Crippen molar-refractivity contribution in [1.29, 1.82) is 0 Å². The molecular weight excluding hydrogens is 213 g/mol. The van der Waals surface area contributed by atoms with Crippen molar-refractivity contribution in [2.75, 3.05) is 0 Å². The fourth-order valence-electron chi connectivity index (χ4n) is 1.65. The zero-order valence-corrected chi connectivity index (χ0v) is 10.4. The molecule has 17 heavy (non-hydrogen) atoms. The van der Waals surface area contributed by atoms with Gasteiger partial charge in [0.1, 0.15) is 5.82 Å². The van der Waals surface area contributed by atoms with Crippen LogP contribution >= 0.6 is 0 Å². The summed E-state index contributed by atoms with van der Waals surface area (Å²) >= 11 is 0.